The van der Waals surface area contributed by atoms with Crippen molar-refractivity contribution < 1.29 is 4.74 Å². The van der Waals surface area contributed by atoms with Crippen LogP contribution in [0.1, 0.15) is 20.8 Å². The normalized spacial score (nSPS) is 14.9. The van der Waals surface area contributed by atoms with Crippen LogP contribution >= 0.6 is 0 Å². The smallest absolute Gasteiger partial charge is 0.137 e. The lowest BCUT2D eigenvalue weighted by Gasteiger charge is -2.27. The number of imidazole rings is 1. The maximum absolute atomic E-state index is 5.45. The SMILES string of the molecule is CC(C)(C)n1cnc2ccc(-c3c[nH]c4ncc(-c5ccc(N6CCOCC6)nc5)cc34)cc21. The first kappa shape index (κ1) is 20.9. The number of pyridine rings is 2. The first-order valence-corrected chi connectivity index (χ1v) is 11.7. The molecule has 0 radical (unpaired) electrons. The number of ether oxygens (including phenoxy) is 1. The summed E-state index contributed by atoms with van der Waals surface area (Å²) in [5.41, 5.74) is 7.35. The highest BCUT2D eigenvalue weighted by atomic mass is 16.5. The number of nitrogens with zero attached hydrogens (tertiary/aromatic N) is 5. The largest absolute Gasteiger partial charge is 0.378 e. The minimum Gasteiger partial charge on any atom is -0.378 e. The van der Waals surface area contributed by atoms with Gasteiger partial charge in [0.2, 0.25) is 0 Å². The molecule has 4 aromatic heterocycles. The number of rotatable bonds is 3. The third-order valence-electron chi connectivity index (χ3n) is 6.53. The van der Waals surface area contributed by atoms with Crippen molar-refractivity contribution in [3.8, 4) is 22.3 Å². The molecule has 6 rings (SSSR count). The van der Waals surface area contributed by atoms with Crippen molar-refractivity contribution >= 4 is 27.9 Å². The number of fused-ring (bicyclic) bond motifs is 2. The Labute approximate surface area is 198 Å². The Morgan fingerprint density at radius 2 is 1.68 bits per heavy atom. The first-order chi connectivity index (χ1) is 16.5. The van der Waals surface area contributed by atoms with Crippen molar-refractivity contribution in [1.29, 1.82) is 0 Å². The third kappa shape index (κ3) is 3.62. The van der Waals surface area contributed by atoms with E-state index in [1.807, 2.05) is 24.9 Å². The van der Waals surface area contributed by atoms with Crippen molar-refractivity contribution in [2.24, 2.45) is 0 Å². The first-order valence-electron chi connectivity index (χ1n) is 11.7. The Morgan fingerprint density at radius 1 is 0.882 bits per heavy atom. The van der Waals surface area contributed by atoms with E-state index in [1.54, 1.807) is 0 Å². The van der Waals surface area contributed by atoms with E-state index in [1.165, 1.54) is 0 Å². The number of morpholine rings is 1. The van der Waals surface area contributed by atoms with E-state index in [9.17, 15) is 0 Å². The van der Waals surface area contributed by atoms with Gasteiger partial charge >= 0.3 is 0 Å². The molecule has 1 aromatic carbocycles. The van der Waals surface area contributed by atoms with Gasteiger partial charge in [-0.1, -0.05) is 6.07 Å². The zero-order valence-electron chi connectivity index (χ0n) is 19.7. The molecule has 7 heteroatoms. The van der Waals surface area contributed by atoms with E-state index in [2.05, 4.69) is 76.6 Å². The Kier molecular flexibility index (Phi) is 4.88. The average Bonchev–Trinajstić information content (AvgIpc) is 3.48. The van der Waals surface area contributed by atoms with Crippen LogP contribution in [-0.4, -0.2) is 50.8 Å². The number of hydrogen-bond acceptors (Lipinski definition) is 5. The topological polar surface area (TPSA) is 71.9 Å². The quantitative estimate of drug-likeness (QED) is 0.406. The molecule has 0 saturated carbocycles. The predicted molar refractivity (Wildman–Crippen MR) is 136 cm³/mol. The zero-order valence-corrected chi connectivity index (χ0v) is 19.7. The Bertz CT molecular complexity index is 1470. The second kappa shape index (κ2) is 7.95. The van der Waals surface area contributed by atoms with Crippen molar-refractivity contribution in [2.45, 2.75) is 26.3 Å². The molecule has 1 N–H and O–H groups in total. The third-order valence-corrected chi connectivity index (χ3v) is 6.53. The van der Waals surface area contributed by atoms with Crippen LogP contribution in [0.15, 0.2) is 61.3 Å². The molecule has 1 saturated heterocycles. The summed E-state index contributed by atoms with van der Waals surface area (Å²) in [6.45, 7) is 9.85. The number of H-pyrrole nitrogens is 1. The molecular weight excluding hydrogens is 424 g/mol. The molecule has 0 atom stereocenters. The van der Waals surface area contributed by atoms with Gasteiger partial charge in [-0.15, -0.1) is 0 Å². The summed E-state index contributed by atoms with van der Waals surface area (Å²) in [5.74, 6) is 0.993. The highest BCUT2D eigenvalue weighted by molar-refractivity contribution is 5.97. The van der Waals surface area contributed by atoms with Crippen LogP contribution in [0.25, 0.3) is 44.3 Å². The number of anilines is 1. The molecule has 0 bridgehead atoms. The lowest BCUT2D eigenvalue weighted by Crippen LogP contribution is -2.36. The number of benzene rings is 1. The molecule has 1 fully saturated rings. The minimum absolute atomic E-state index is 0.0390. The molecule has 5 aromatic rings. The van der Waals surface area contributed by atoms with Gasteiger partial charge in [-0.05, 0) is 56.7 Å². The lowest BCUT2D eigenvalue weighted by atomic mass is 10.0. The number of aromatic nitrogens is 5. The van der Waals surface area contributed by atoms with Gasteiger partial charge in [-0.25, -0.2) is 15.0 Å². The van der Waals surface area contributed by atoms with Gasteiger partial charge in [-0.2, -0.15) is 0 Å². The van der Waals surface area contributed by atoms with Crippen molar-refractivity contribution in [1.82, 2.24) is 24.5 Å². The van der Waals surface area contributed by atoms with Gasteiger partial charge in [0.1, 0.15) is 11.5 Å². The Hall–Kier alpha value is -3.71. The summed E-state index contributed by atoms with van der Waals surface area (Å²) in [7, 11) is 0. The molecule has 1 aliphatic rings. The van der Waals surface area contributed by atoms with Crippen LogP contribution in [-0.2, 0) is 10.3 Å². The van der Waals surface area contributed by atoms with Crippen LogP contribution in [0.5, 0.6) is 0 Å². The van der Waals surface area contributed by atoms with Crippen LogP contribution < -0.4 is 4.90 Å². The van der Waals surface area contributed by atoms with Crippen LogP contribution in [0.4, 0.5) is 5.82 Å². The molecule has 5 heterocycles. The summed E-state index contributed by atoms with van der Waals surface area (Å²) in [6, 6.07) is 12.9. The molecule has 0 aliphatic carbocycles. The fourth-order valence-corrected chi connectivity index (χ4v) is 4.65. The molecule has 0 amide bonds. The van der Waals surface area contributed by atoms with E-state index in [-0.39, 0.29) is 5.54 Å². The van der Waals surface area contributed by atoms with Gasteiger partial charge in [0.15, 0.2) is 0 Å². The summed E-state index contributed by atoms with van der Waals surface area (Å²) in [5, 5.41) is 1.09. The highest BCUT2D eigenvalue weighted by Crippen LogP contribution is 2.33. The fourth-order valence-electron chi connectivity index (χ4n) is 4.65. The molecule has 1 aliphatic heterocycles. The van der Waals surface area contributed by atoms with E-state index in [4.69, 9.17) is 14.7 Å². The summed E-state index contributed by atoms with van der Waals surface area (Å²) >= 11 is 0. The summed E-state index contributed by atoms with van der Waals surface area (Å²) in [6.07, 6.45) is 7.82. The molecule has 0 unspecified atom stereocenters. The van der Waals surface area contributed by atoms with Crippen LogP contribution in [0.2, 0.25) is 0 Å². The molecule has 7 nitrogen and oxygen atoms in total. The second-order valence-electron chi connectivity index (χ2n) is 9.82. The number of hydrogen-bond donors (Lipinski definition) is 1. The van der Waals surface area contributed by atoms with Gasteiger partial charge in [0, 0.05) is 59.3 Å². The molecular formula is C27H28N6O. The Morgan fingerprint density at radius 3 is 2.44 bits per heavy atom. The van der Waals surface area contributed by atoms with Gasteiger partial charge < -0.3 is 19.2 Å². The van der Waals surface area contributed by atoms with Gasteiger partial charge in [0.25, 0.3) is 0 Å². The monoisotopic (exact) mass is 452 g/mol. The zero-order chi connectivity index (χ0) is 23.3. The number of nitrogens with one attached hydrogen (secondary N) is 1. The van der Waals surface area contributed by atoms with Crippen molar-refractivity contribution in [3.05, 3.63) is 61.3 Å². The maximum atomic E-state index is 5.45. The minimum atomic E-state index is -0.0390. The standard InChI is InChI=1S/C27H28N6O/c1-27(2,3)33-17-31-23-6-4-18(13-24(23)33)22-16-30-26-21(22)12-20(15-29-26)19-5-7-25(28-14-19)32-8-10-34-11-9-32/h4-7,12-17H,8-11H2,1-3H3,(H,29,30). The lowest BCUT2D eigenvalue weighted by molar-refractivity contribution is 0.122. The fraction of sp³-hybridized carbons (Fsp3) is 0.296. The van der Waals surface area contributed by atoms with Crippen molar-refractivity contribution in [3.63, 3.8) is 0 Å². The summed E-state index contributed by atoms with van der Waals surface area (Å²) < 4.78 is 7.68. The van der Waals surface area contributed by atoms with Crippen molar-refractivity contribution in [2.75, 3.05) is 31.2 Å². The molecule has 172 valence electrons. The molecule has 0 spiro atoms. The van der Waals surface area contributed by atoms with E-state index in [0.717, 1.165) is 76.4 Å². The predicted octanol–water partition coefficient (Wildman–Crippen LogP) is 5.23. The molecule has 34 heavy (non-hydrogen) atoms. The highest BCUT2D eigenvalue weighted by Gasteiger charge is 2.18. The average molecular weight is 453 g/mol. The van der Waals surface area contributed by atoms with Crippen LogP contribution in [0, 0.1) is 0 Å². The van der Waals surface area contributed by atoms with Gasteiger partial charge in [0.05, 0.1) is 30.6 Å². The van der Waals surface area contributed by atoms with Gasteiger partial charge in [-0.3, -0.25) is 0 Å². The van der Waals surface area contributed by atoms with E-state index >= 15 is 0 Å². The van der Waals surface area contributed by atoms with Crippen LogP contribution in [0.3, 0.4) is 0 Å². The van der Waals surface area contributed by atoms with E-state index < -0.39 is 0 Å². The maximum Gasteiger partial charge on any atom is 0.137 e. The summed E-state index contributed by atoms with van der Waals surface area (Å²) in [4.78, 5) is 19.6. The second-order valence-corrected chi connectivity index (χ2v) is 9.82. The van der Waals surface area contributed by atoms with E-state index in [0.29, 0.717) is 0 Å². The Balaban J connectivity index is 1.38. The number of aromatic amines is 1.